The highest BCUT2D eigenvalue weighted by atomic mass is 16.6. The van der Waals surface area contributed by atoms with Crippen LogP contribution < -0.4 is 4.74 Å². The van der Waals surface area contributed by atoms with Gasteiger partial charge in [0.05, 0.1) is 7.11 Å². The van der Waals surface area contributed by atoms with Crippen molar-refractivity contribution >= 4 is 17.8 Å². The number of ether oxygens (including phenoxy) is 2. The third-order valence-electron chi connectivity index (χ3n) is 2.54. The topological polar surface area (TPSA) is 52.6 Å². The van der Waals surface area contributed by atoms with Gasteiger partial charge in [0.25, 0.3) is 0 Å². The molecule has 1 rings (SSSR count). The Morgan fingerprint density at radius 2 is 1.74 bits per heavy atom. The fraction of sp³-hybridized carbons (Fsp3) is 0.333. The molecular weight excluding hydrogens is 244 g/mol. The monoisotopic (exact) mass is 262 g/mol. The number of hydrogen-bond acceptors (Lipinski definition) is 4. The zero-order valence-electron chi connectivity index (χ0n) is 11.6. The number of ketones is 1. The molecule has 0 fully saturated rings. The van der Waals surface area contributed by atoms with Crippen LogP contribution in [0.25, 0.3) is 6.08 Å². The molecule has 0 amide bonds. The fourth-order valence-corrected chi connectivity index (χ4v) is 1.50. The van der Waals surface area contributed by atoms with Gasteiger partial charge >= 0.3 is 5.97 Å². The molecule has 4 heteroatoms. The van der Waals surface area contributed by atoms with Crippen LogP contribution in [0.15, 0.2) is 30.3 Å². The van der Waals surface area contributed by atoms with Crippen LogP contribution in [-0.2, 0) is 14.3 Å². The predicted molar refractivity (Wildman–Crippen MR) is 72.9 cm³/mol. The third kappa shape index (κ3) is 4.58. The Bertz CT molecular complexity index is 483. The van der Waals surface area contributed by atoms with Crippen molar-refractivity contribution in [1.29, 1.82) is 0 Å². The van der Waals surface area contributed by atoms with E-state index in [1.165, 1.54) is 13.0 Å². The van der Waals surface area contributed by atoms with Gasteiger partial charge in [0, 0.05) is 6.92 Å². The first-order valence-electron chi connectivity index (χ1n) is 5.91. The van der Waals surface area contributed by atoms with Crippen molar-refractivity contribution in [2.24, 2.45) is 0 Å². The molecule has 0 aliphatic carbocycles. The van der Waals surface area contributed by atoms with Crippen LogP contribution in [0.5, 0.6) is 5.75 Å². The highest BCUT2D eigenvalue weighted by Gasteiger charge is 2.28. The summed E-state index contributed by atoms with van der Waals surface area (Å²) in [6.07, 6.45) is 3.08. The van der Waals surface area contributed by atoms with Gasteiger partial charge in [-0.15, -0.1) is 0 Å². The number of esters is 1. The molecule has 1 aromatic carbocycles. The Balaban J connectivity index is 2.74. The number of hydrogen-bond donors (Lipinski definition) is 0. The Labute approximate surface area is 113 Å². The van der Waals surface area contributed by atoms with E-state index in [9.17, 15) is 9.59 Å². The Morgan fingerprint density at radius 1 is 1.16 bits per heavy atom. The number of carbonyl (C=O) groups excluding carboxylic acids is 2. The Morgan fingerprint density at radius 3 is 2.21 bits per heavy atom. The van der Waals surface area contributed by atoms with Gasteiger partial charge in [-0.05, 0) is 37.6 Å². The first kappa shape index (κ1) is 15.0. The van der Waals surface area contributed by atoms with Crippen molar-refractivity contribution in [2.45, 2.75) is 26.4 Å². The number of benzene rings is 1. The van der Waals surface area contributed by atoms with Gasteiger partial charge in [0.15, 0.2) is 11.4 Å². The van der Waals surface area contributed by atoms with Gasteiger partial charge < -0.3 is 9.47 Å². The van der Waals surface area contributed by atoms with Crippen LogP contribution >= 0.6 is 0 Å². The predicted octanol–water partition coefficient (Wildman–Crippen LogP) is 2.62. The lowest BCUT2D eigenvalue weighted by Gasteiger charge is -2.20. The van der Waals surface area contributed by atoms with Gasteiger partial charge in [0.2, 0.25) is 0 Å². The molecule has 0 aliphatic heterocycles. The minimum Gasteiger partial charge on any atom is -0.497 e. The molecule has 0 aromatic heterocycles. The minimum atomic E-state index is -1.14. The highest BCUT2D eigenvalue weighted by molar-refractivity contribution is 6.00. The molecule has 4 nitrogen and oxygen atoms in total. The number of methoxy groups -OCH3 is 1. The van der Waals surface area contributed by atoms with Crippen molar-refractivity contribution in [2.75, 3.05) is 7.11 Å². The average Bonchev–Trinajstić information content (AvgIpc) is 2.35. The molecular formula is C15H18O4. The minimum absolute atomic E-state index is 0.265. The standard InChI is InChI=1S/C15H18O4/c1-11(16)19-15(2,3)14(17)10-7-12-5-8-13(18-4)9-6-12/h5-10H,1-4H3. The van der Waals surface area contributed by atoms with Gasteiger partial charge in [-0.2, -0.15) is 0 Å². The molecule has 0 atom stereocenters. The molecule has 0 heterocycles. The zero-order chi connectivity index (χ0) is 14.5. The molecule has 0 aliphatic rings. The molecule has 102 valence electrons. The van der Waals surface area contributed by atoms with E-state index in [2.05, 4.69) is 0 Å². The highest BCUT2D eigenvalue weighted by Crippen LogP contribution is 2.15. The lowest BCUT2D eigenvalue weighted by atomic mass is 10.0. The van der Waals surface area contributed by atoms with E-state index in [4.69, 9.17) is 9.47 Å². The molecule has 19 heavy (non-hydrogen) atoms. The summed E-state index contributed by atoms with van der Waals surface area (Å²) in [7, 11) is 1.59. The smallest absolute Gasteiger partial charge is 0.303 e. The summed E-state index contributed by atoms with van der Waals surface area (Å²) in [6, 6.07) is 7.28. The molecule has 0 saturated heterocycles. The van der Waals surface area contributed by atoms with Crippen molar-refractivity contribution in [3.05, 3.63) is 35.9 Å². The lowest BCUT2D eigenvalue weighted by molar-refractivity contribution is -0.159. The Hall–Kier alpha value is -2.10. The fourth-order valence-electron chi connectivity index (χ4n) is 1.50. The van der Waals surface area contributed by atoms with Crippen LogP contribution in [0.2, 0.25) is 0 Å². The van der Waals surface area contributed by atoms with E-state index in [0.717, 1.165) is 11.3 Å². The van der Waals surface area contributed by atoms with E-state index >= 15 is 0 Å². The summed E-state index contributed by atoms with van der Waals surface area (Å²) in [6.45, 7) is 4.41. The first-order valence-corrected chi connectivity index (χ1v) is 5.91. The van der Waals surface area contributed by atoms with Crippen LogP contribution in [0.4, 0.5) is 0 Å². The summed E-state index contributed by atoms with van der Waals surface area (Å²) >= 11 is 0. The van der Waals surface area contributed by atoms with E-state index in [1.54, 1.807) is 39.2 Å². The van der Waals surface area contributed by atoms with E-state index < -0.39 is 11.6 Å². The largest absolute Gasteiger partial charge is 0.497 e. The summed E-state index contributed by atoms with van der Waals surface area (Å²) in [5.41, 5.74) is -0.276. The van der Waals surface area contributed by atoms with Crippen molar-refractivity contribution < 1.29 is 19.1 Å². The quantitative estimate of drug-likeness (QED) is 0.604. The maximum Gasteiger partial charge on any atom is 0.303 e. The maximum absolute atomic E-state index is 11.9. The van der Waals surface area contributed by atoms with E-state index in [1.807, 2.05) is 12.1 Å². The SMILES string of the molecule is COc1ccc(C=CC(=O)C(C)(C)OC(C)=O)cc1. The second-order valence-electron chi connectivity index (χ2n) is 4.57. The van der Waals surface area contributed by atoms with Gasteiger partial charge in [-0.1, -0.05) is 18.2 Å². The van der Waals surface area contributed by atoms with Crippen LogP contribution in [-0.4, -0.2) is 24.5 Å². The van der Waals surface area contributed by atoms with Gasteiger partial charge in [-0.3, -0.25) is 9.59 Å². The summed E-state index contributed by atoms with van der Waals surface area (Å²) in [5.74, 6) is 0.0124. The molecule has 0 saturated carbocycles. The summed E-state index contributed by atoms with van der Waals surface area (Å²) in [5, 5.41) is 0. The van der Waals surface area contributed by atoms with Crippen LogP contribution in [0, 0.1) is 0 Å². The molecule has 0 N–H and O–H groups in total. The molecule has 0 spiro atoms. The van der Waals surface area contributed by atoms with Gasteiger partial charge in [0.1, 0.15) is 5.75 Å². The van der Waals surface area contributed by atoms with Crippen molar-refractivity contribution in [3.8, 4) is 5.75 Å². The lowest BCUT2D eigenvalue weighted by Crippen LogP contribution is -2.35. The Kier molecular flexibility index (Phi) is 4.87. The number of rotatable bonds is 5. The first-order chi connectivity index (χ1) is 8.85. The van der Waals surface area contributed by atoms with Crippen LogP contribution in [0.3, 0.4) is 0 Å². The average molecular weight is 262 g/mol. The van der Waals surface area contributed by atoms with Crippen LogP contribution in [0.1, 0.15) is 26.3 Å². The second kappa shape index (κ2) is 6.18. The van der Waals surface area contributed by atoms with Crippen molar-refractivity contribution in [3.63, 3.8) is 0 Å². The van der Waals surface area contributed by atoms with Gasteiger partial charge in [-0.25, -0.2) is 0 Å². The normalized spacial score (nSPS) is 11.4. The van der Waals surface area contributed by atoms with Crippen molar-refractivity contribution in [1.82, 2.24) is 0 Å². The maximum atomic E-state index is 11.9. The third-order valence-corrected chi connectivity index (χ3v) is 2.54. The number of carbonyl (C=O) groups is 2. The molecule has 1 aromatic rings. The zero-order valence-corrected chi connectivity index (χ0v) is 11.6. The molecule has 0 bridgehead atoms. The molecule has 0 unspecified atom stereocenters. The second-order valence-corrected chi connectivity index (χ2v) is 4.57. The summed E-state index contributed by atoms with van der Waals surface area (Å²) < 4.78 is 10.0. The summed E-state index contributed by atoms with van der Waals surface area (Å²) in [4.78, 5) is 22.8. The van der Waals surface area contributed by atoms with E-state index in [0.29, 0.717) is 0 Å². The van der Waals surface area contributed by atoms with E-state index in [-0.39, 0.29) is 5.78 Å². The molecule has 0 radical (unpaired) electrons.